The highest BCUT2D eigenvalue weighted by Crippen LogP contribution is 2.22. The molecule has 25 heteroatoms. The van der Waals surface area contributed by atoms with E-state index in [1.54, 1.807) is 110 Å². The van der Waals surface area contributed by atoms with Crippen molar-refractivity contribution in [3.05, 3.63) is 108 Å². The summed E-state index contributed by atoms with van der Waals surface area (Å²) in [6.07, 6.45) is 1.14. The highest BCUT2D eigenvalue weighted by Gasteiger charge is 2.32. The third-order valence-electron chi connectivity index (χ3n) is 12.7. The number of hydrogen-bond acceptors (Lipinski definition) is 16. The lowest BCUT2D eigenvalue weighted by molar-refractivity contribution is -0.159. The van der Waals surface area contributed by atoms with Crippen LogP contribution in [0.15, 0.2) is 65.5 Å². The first-order valence-corrected chi connectivity index (χ1v) is 29.8. The number of esters is 3. The van der Waals surface area contributed by atoms with Gasteiger partial charge in [-0.3, -0.25) is 28.8 Å². The minimum atomic E-state index is -1.22. The van der Waals surface area contributed by atoms with Gasteiger partial charge in [0, 0.05) is 78.6 Å². The number of nitrogens with one attached hydrogen (secondary N) is 5. The lowest BCUT2D eigenvalue weighted by Gasteiger charge is -2.35. The van der Waals surface area contributed by atoms with Crippen molar-refractivity contribution < 1.29 is 71.2 Å². The quantitative estimate of drug-likeness (QED) is 0.0176. The number of unbranched alkanes of at least 4 members (excludes halogenated alkanes) is 1. The molecule has 1 aliphatic rings. The standard InChI is InChI=1S/C61H82FIN8O15/c1-59(2,3)84-51(73)20-19-48(57(79)86-61(7,8)9)67-58(80)66-47(56(78)85-60(4,5)6)16-12-13-22-64-50(72)21-28-81-30-32-83-33-31-82-29-23-65-52(74)40-36-41(38-42(63)37-40)54(76)70-24-26-71(27-25-70)55(77)45-34-39(17-18-46(45)62)35-49-43-14-10-11-15-44(43)53(75)69-68-49/h10-11,14-15,17-18,34,36-38,47-48H,12-13,16,19-33,35H2,1-9H3,(H,64,72)(H,65,74)(H,69,75)(H2,66,67,80)/t47-,48-/m0/s1. The van der Waals surface area contributed by atoms with E-state index in [0.29, 0.717) is 56.1 Å². The van der Waals surface area contributed by atoms with Crippen molar-refractivity contribution in [3.8, 4) is 0 Å². The van der Waals surface area contributed by atoms with Crippen LogP contribution < -0.4 is 26.8 Å². The summed E-state index contributed by atoms with van der Waals surface area (Å²) in [7, 11) is 0. The zero-order chi connectivity index (χ0) is 63.2. The lowest BCUT2D eigenvalue weighted by atomic mass is 10.0. The molecule has 0 spiro atoms. The molecule has 0 saturated carbocycles. The smallest absolute Gasteiger partial charge is 0.329 e. The minimum absolute atomic E-state index is 0.101. The largest absolute Gasteiger partial charge is 0.460 e. The van der Waals surface area contributed by atoms with Crippen molar-refractivity contribution in [3.63, 3.8) is 0 Å². The van der Waals surface area contributed by atoms with Crippen molar-refractivity contribution in [2.24, 2.45) is 0 Å². The topological polar surface area (TPSA) is 292 Å². The van der Waals surface area contributed by atoms with E-state index in [0.717, 1.165) is 0 Å². The van der Waals surface area contributed by atoms with E-state index in [2.05, 4.69) is 31.5 Å². The summed E-state index contributed by atoms with van der Waals surface area (Å²) >= 11 is 2.04. The van der Waals surface area contributed by atoms with E-state index < -0.39 is 70.5 Å². The molecule has 0 aliphatic carbocycles. The van der Waals surface area contributed by atoms with Crippen LogP contribution in [0.5, 0.6) is 0 Å². The number of nitrogens with zero attached hydrogens (tertiary/aromatic N) is 3. The van der Waals surface area contributed by atoms with E-state index in [4.69, 9.17) is 28.4 Å². The molecule has 0 radical (unpaired) electrons. The number of aromatic nitrogens is 2. The maximum Gasteiger partial charge on any atom is 0.329 e. The summed E-state index contributed by atoms with van der Waals surface area (Å²) in [5, 5.41) is 18.6. The predicted octanol–water partition coefficient (Wildman–Crippen LogP) is 6.15. The molecule has 470 valence electrons. The van der Waals surface area contributed by atoms with Gasteiger partial charge in [-0.2, -0.15) is 5.10 Å². The summed E-state index contributed by atoms with van der Waals surface area (Å²) in [6.45, 7) is 17.9. The molecule has 86 heavy (non-hydrogen) atoms. The molecule has 5 rings (SSSR count). The van der Waals surface area contributed by atoms with Crippen LogP contribution in [0.4, 0.5) is 9.18 Å². The second kappa shape index (κ2) is 33.1. The number of benzene rings is 3. The Morgan fingerprint density at radius 2 is 1.19 bits per heavy atom. The molecule has 1 aliphatic heterocycles. The number of halogens is 2. The Morgan fingerprint density at radius 3 is 1.80 bits per heavy atom. The number of ether oxygens (including phenoxy) is 6. The molecule has 4 aromatic rings. The number of amides is 6. The number of aromatic amines is 1. The minimum Gasteiger partial charge on any atom is -0.460 e. The molecule has 3 aromatic carbocycles. The van der Waals surface area contributed by atoms with Gasteiger partial charge in [-0.25, -0.2) is 23.9 Å². The second-order valence-corrected chi connectivity index (χ2v) is 24.7. The van der Waals surface area contributed by atoms with Crippen molar-refractivity contribution >= 4 is 80.9 Å². The maximum absolute atomic E-state index is 15.1. The molecule has 6 amide bonds. The van der Waals surface area contributed by atoms with Crippen LogP contribution >= 0.6 is 22.6 Å². The van der Waals surface area contributed by atoms with Gasteiger partial charge in [0.05, 0.1) is 56.3 Å². The van der Waals surface area contributed by atoms with Gasteiger partial charge in [0.25, 0.3) is 23.3 Å². The number of carbonyl (C=O) groups excluding carboxylic acids is 8. The van der Waals surface area contributed by atoms with E-state index >= 15 is 4.39 Å². The summed E-state index contributed by atoms with van der Waals surface area (Å²) in [4.78, 5) is 120. The Morgan fingerprint density at radius 1 is 0.628 bits per heavy atom. The van der Waals surface area contributed by atoms with Crippen molar-refractivity contribution in [1.82, 2.24) is 41.3 Å². The fourth-order valence-corrected chi connectivity index (χ4v) is 9.42. The molecule has 2 atom stereocenters. The molecular weight excluding hydrogens is 1230 g/mol. The normalized spacial score (nSPS) is 13.5. The maximum atomic E-state index is 15.1. The SMILES string of the molecule is CC(C)(C)OC(=O)CC[C@H](NC(=O)N[C@@H](CCCCNC(=O)CCOCCOCCOCCNC(=O)c1cc(I)cc(C(=O)N2CCN(C(=O)c3cc(Cc4n[nH]c(=O)c5ccccc45)ccc3F)CC2)c1)C(=O)OC(C)(C)C)C(=O)OC(C)(C)C. The summed E-state index contributed by atoms with van der Waals surface area (Å²) in [5.41, 5.74) is -1.07. The zero-order valence-electron chi connectivity index (χ0n) is 50.6. The average Bonchev–Trinajstić information content (AvgIpc) is 1.89. The number of urea groups is 1. The first-order chi connectivity index (χ1) is 40.6. The van der Waals surface area contributed by atoms with E-state index in [1.807, 2.05) is 22.6 Å². The van der Waals surface area contributed by atoms with Crippen LogP contribution in [-0.4, -0.2) is 175 Å². The molecule has 0 unspecified atom stereocenters. The summed E-state index contributed by atoms with van der Waals surface area (Å²) < 4.78 is 48.9. The molecule has 0 bridgehead atoms. The lowest BCUT2D eigenvalue weighted by Crippen LogP contribution is -2.53. The molecule has 1 aromatic heterocycles. The van der Waals surface area contributed by atoms with E-state index in [9.17, 15) is 43.2 Å². The monoisotopic (exact) mass is 1310 g/mol. The Balaban J connectivity index is 0.924. The third-order valence-corrected chi connectivity index (χ3v) is 13.3. The highest BCUT2D eigenvalue weighted by atomic mass is 127. The Kier molecular flexibility index (Phi) is 26.8. The van der Waals surface area contributed by atoms with E-state index in [-0.39, 0.29) is 127 Å². The third kappa shape index (κ3) is 24.3. The summed E-state index contributed by atoms with van der Waals surface area (Å²) in [6, 6.07) is 13.1. The van der Waals surface area contributed by atoms with Crippen molar-refractivity contribution in [2.45, 2.75) is 136 Å². The van der Waals surface area contributed by atoms with Crippen LogP contribution in [-0.2, 0) is 54.0 Å². The van der Waals surface area contributed by atoms with Gasteiger partial charge in [0.15, 0.2) is 0 Å². The molecule has 1 saturated heterocycles. The first kappa shape index (κ1) is 69.7. The van der Waals surface area contributed by atoms with Crippen LogP contribution in [0.3, 0.4) is 0 Å². The van der Waals surface area contributed by atoms with Crippen molar-refractivity contribution in [1.29, 1.82) is 0 Å². The highest BCUT2D eigenvalue weighted by molar-refractivity contribution is 14.1. The number of fused-ring (bicyclic) bond motifs is 1. The number of carbonyl (C=O) groups is 8. The van der Waals surface area contributed by atoms with Gasteiger partial charge < -0.3 is 59.5 Å². The van der Waals surface area contributed by atoms with Gasteiger partial charge in [-0.15, -0.1) is 0 Å². The molecule has 5 N–H and O–H groups in total. The number of rotatable bonds is 29. The fraction of sp³-hybridized carbons (Fsp3) is 0.541. The van der Waals surface area contributed by atoms with Crippen LogP contribution in [0.25, 0.3) is 10.8 Å². The fourth-order valence-electron chi connectivity index (χ4n) is 8.75. The second-order valence-electron chi connectivity index (χ2n) is 23.5. The number of hydrogen-bond donors (Lipinski definition) is 5. The zero-order valence-corrected chi connectivity index (χ0v) is 52.7. The molecule has 2 heterocycles. The van der Waals surface area contributed by atoms with Gasteiger partial charge in [0.2, 0.25) is 5.91 Å². The molecule has 1 fully saturated rings. The van der Waals surface area contributed by atoms with Crippen LogP contribution in [0.2, 0.25) is 0 Å². The summed E-state index contributed by atoms with van der Waals surface area (Å²) in [5.74, 6) is -4.11. The Labute approximate surface area is 514 Å². The predicted molar refractivity (Wildman–Crippen MR) is 325 cm³/mol. The Bertz CT molecular complexity index is 3060. The van der Waals surface area contributed by atoms with E-state index in [1.165, 1.54) is 23.1 Å². The Hall–Kier alpha value is -7.10. The van der Waals surface area contributed by atoms with Gasteiger partial charge in [0.1, 0.15) is 34.7 Å². The average molecular weight is 1310 g/mol. The molecule has 23 nitrogen and oxygen atoms in total. The number of piperazine rings is 1. The number of H-pyrrole nitrogens is 1. The van der Waals surface area contributed by atoms with Gasteiger partial charge in [-0.05, 0) is 153 Å². The van der Waals surface area contributed by atoms with Crippen LogP contribution in [0, 0.1) is 9.39 Å². The van der Waals surface area contributed by atoms with Crippen molar-refractivity contribution in [2.75, 3.05) is 78.9 Å². The van der Waals surface area contributed by atoms with Crippen LogP contribution in [0.1, 0.15) is 143 Å². The molecular formula is C61H82FIN8O15. The van der Waals surface area contributed by atoms with Gasteiger partial charge >= 0.3 is 23.9 Å². The first-order valence-electron chi connectivity index (χ1n) is 28.7. The van der Waals surface area contributed by atoms with Gasteiger partial charge in [-0.1, -0.05) is 24.3 Å².